The first-order valence-electron chi connectivity index (χ1n) is 10.1. The highest BCUT2D eigenvalue weighted by molar-refractivity contribution is 5.93. The molecule has 0 saturated carbocycles. The second kappa shape index (κ2) is 8.65. The Morgan fingerprint density at radius 3 is 2.86 bits per heavy atom. The highest BCUT2D eigenvalue weighted by atomic mass is 16.5. The number of hydrogen-bond acceptors (Lipinski definition) is 5. The average Bonchev–Trinajstić information content (AvgIpc) is 3.22. The van der Waals surface area contributed by atoms with Gasteiger partial charge in [-0.2, -0.15) is 5.10 Å². The number of piperidine rings is 1. The number of ether oxygens (including phenoxy) is 1. The summed E-state index contributed by atoms with van der Waals surface area (Å²) in [5, 5.41) is 7.46. The molecule has 1 aromatic carbocycles. The molecule has 1 N–H and O–H groups in total. The van der Waals surface area contributed by atoms with Crippen LogP contribution in [0.3, 0.4) is 0 Å². The number of piperazine rings is 1. The van der Waals surface area contributed by atoms with Crippen molar-refractivity contribution in [2.24, 2.45) is 0 Å². The molecule has 0 radical (unpaired) electrons. The molecule has 154 valence electrons. The average molecular weight is 397 g/mol. The molecule has 3 heterocycles. The fourth-order valence-electron chi connectivity index (χ4n) is 4.06. The van der Waals surface area contributed by atoms with Crippen molar-refractivity contribution >= 4 is 11.8 Å². The molecule has 8 heteroatoms. The molecule has 2 aliphatic rings. The van der Waals surface area contributed by atoms with E-state index >= 15 is 0 Å². The van der Waals surface area contributed by atoms with Gasteiger partial charge >= 0.3 is 0 Å². The van der Waals surface area contributed by atoms with E-state index in [1.165, 1.54) is 0 Å². The number of methoxy groups -OCH3 is 1. The van der Waals surface area contributed by atoms with Gasteiger partial charge in [-0.05, 0) is 30.5 Å². The van der Waals surface area contributed by atoms with Crippen molar-refractivity contribution in [3.05, 3.63) is 47.8 Å². The molecular weight excluding hydrogens is 370 g/mol. The molecule has 0 bridgehead atoms. The Morgan fingerprint density at radius 1 is 1.28 bits per heavy atom. The predicted molar refractivity (Wildman–Crippen MR) is 108 cm³/mol. The van der Waals surface area contributed by atoms with Crippen LogP contribution in [0.2, 0.25) is 0 Å². The first-order valence-corrected chi connectivity index (χ1v) is 10.1. The maximum absolute atomic E-state index is 13.0. The molecule has 1 aromatic heterocycles. The Kier molecular flexibility index (Phi) is 5.80. The smallest absolute Gasteiger partial charge is 0.257 e. The first-order chi connectivity index (χ1) is 14.1. The molecule has 2 fully saturated rings. The Labute approximate surface area is 170 Å². The second-order valence-corrected chi connectivity index (χ2v) is 7.59. The van der Waals surface area contributed by atoms with Gasteiger partial charge in [0.15, 0.2) is 0 Å². The third kappa shape index (κ3) is 4.42. The largest absolute Gasteiger partial charge is 0.497 e. The van der Waals surface area contributed by atoms with Crippen molar-refractivity contribution in [3.63, 3.8) is 0 Å². The first kappa shape index (κ1) is 19.4. The fourth-order valence-corrected chi connectivity index (χ4v) is 4.06. The van der Waals surface area contributed by atoms with E-state index in [-0.39, 0.29) is 17.9 Å². The number of carbonyl (C=O) groups excluding carboxylic acids is 2. The minimum Gasteiger partial charge on any atom is -0.497 e. The molecule has 0 spiro atoms. The summed E-state index contributed by atoms with van der Waals surface area (Å²) < 4.78 is 6.95. The molecule has 2 aromatic rings. The van der Waals surface area contributed by atoms with Crippen LogP contribution in [0.5, 0.6) is 5.75 Å². The summed E-state index contributed by atoms with van der Waals surface area (Å²) in [4.78, 5) is 29.0. The number of nitrogens with one attached hydrogen (secondary N) is 1. The zero-order valence-electron chi connectivity index (χ0n) is 16.7. The molecular formula is C21H27N5O3. The minimum atomic E-state index is -0.0155. The van der Waals surface area contributed by atoms with E-state index in [9.17, 15) is 9.59 Å². The van der Waals surface area contributed by atoms with Gasteiger partial charge in [0.1, 0.15) is 5.75 Å². The number of likely N-dealkylation sites (tertiary alicyclic amines) is 1. The van der Waals surface area contributed by atoms with Crippen LogP contribution >= 0.6 is 0 Å². The molecule has 1 unspecified atom stereocenters. The van der Waals surface area contributed by atoms with Gasteiger partial charge < -0.3 is 19.9 Å². The lowest BCUT2D eigenvalue weighted by Gasteiger charge is -2.41. The summed E-state index contributed by atoms with van der Waals surface area (Å²) in [5.41, 5.74) is 1.67. The van der Waals surface area contributed by atoms with Crippen LogP contribution in [-0.4, -0.2) is 77.3 Å². The van der Waals surface area contributed by atoms with Gasteiger partial charge in [0.05, 0.1) is 32.0 Å². The van der Waals surface area contributed by atoms with Crippen molar-refractivity contribution in [2.75, 3.05) is 39.8 Å². The van der Waals surface area contributed by atoms with E-state index in [2.05, 4.69) is 10.4 Å². The number of nitrogens with zero attached hydrogens (tertiary/aromatic N) is 4. The number of carbonyl (C=O) groups is 2. The zero-order chi connectivity index (χ0) is 20.2. The maximum atomic E-state index is 13.0. The van der Waals surface area contributed by atoms with E-state index in [0.29, 0.717) is 31.7 Å². The number of amides is 2. The van der Waals surface area contributed by atoms with Crippen LogP contribution in [0.25, 0.3) is 0 Å². The lowest BCUT2D eigenvalue weighted by Crippen LogP contribution is -2.57. The standard InChI is InChI=1S/C21H27N5O3/c1-29-19-6-4-16(5-7-19)13-25-14-17(11-23-25)21(28)24-9-2-3-18(15-24)26-10-8-22-12-20(26)27/h4-7,11,14,18,22H,2-3,8-10,12-13,15H2,1H3. The van der Waals surface area contributed by atoms with Crippen molar-refractivity contribution in [3.8, 4) is 5.75 Å². The van der Waals surface area contributed by atoms with Crippen molar-refractivity contribution in [1.29, 1.82) is 0 Å². The molecule has 4 rings (SSSR count). The molecule has 8 nitrogen and oxygen atoms in total. The van der Waals surface area contributed by atoms with E-state index in [4.69, 9.17) is 4.74 Å². The van der Waals surface area contributed by atoms with Gasteiger partial charge in [-0.25, -0.2) is 0 Å². The summed E-state index contributed by atoms with van der Waals surface area (Å²) in [6.07, 6.45) is 5.29. The molecule has 2 saturated heterocycles. The van der Waals surface area contributed by atoms with Gasteiger partial charge in [-0.1, -0.05) is 12.1 Å². The number of aromatic nitrogens is 2. The number of hydrogen-bond donors (Lipinski definition) is 1. The molecule has 0 aliphatic carbocycles. The Bertz CT molecular complexity index is 863. The summed E-state index contributed by atoms with van der Waals surface area (Å²) in [7, 11) is 1.64. The van der Waals surface area contributed by atoms with Gasteiger partial charge in [-0.3, -0.25) is 14.3 Å². The van der Waals surface area contributed by atoms with Crippen molar-refractivity contribution < 1.29 is 14.3 Å². The quantitative estimate of drug-likeness (QED) is 0.814. The third-order valence-electron chi connectivity index (χ3n) is 5.63. The van der Waals surface area contributed by atoms with E-state index in [1.807, 2.05) is 34.1 Å². The van der Waals surface area contributed by atoms with Crippen molar-refractivity contribution in [2.45, 2.75) is 25.4 Å². The van der Waals surface area contributed by atoms with Gasteiger partial charge in [0, 0.05) is 38.4 Å². The lowest BCUT2D eigenvalue weighted by molar-refractivity contribution is -0.135. The summed E-state index contributed by atoms with van der Waals surface area (Å²) >= 11 is 0. The van der Waals surface area contributed by atoms with E-state index in [0.717, 1.165) is 37.2 Å². The van der Waals surface area contributed by atoms with Gasteiger partial charge in [-0.15, -0.1) is 0 Å². The van der Waals surface area contributed by atoms with Crippen LogP contribution in [0.4, 0.5) is 0 Å². The fraction of sp³-hybridized carbons (Fsp3) is 0.476. The lowest BCUT2D eigenvalue weighted by atomic mass is 10.0. The highest BCUT2D eigenvalue weighted by Gasteiger charge is 2.32. The van der Waals surface area contributed by atoms with Crippen molar-refractivity contribution in [1.82, 2.24) is 24.9 Å². The predicted octanol–water partition coefficient (Wildman–Crippen LogP) is 0.976. The Balaban J connectivity index is 1.39. The summed E-state index contributed by atoms with van der Waals surface area (Å²) in [6.45, 7) is 3.82. The van der Waals surface area contributed by atoms with Crippen LogP contribution in [0, 0.1) is 0 Å². The van der Waals surface area contributed by atoms with Crippen LogP contribution < -0.4 is 10.1 Å². The van der Waals surface area contributed by atoms with Gasteiger partial charge in [0.25, 0.3) is 5.91 Å². The normalized spacial score (nSPS) is 20.0. The number of rotatable bonds is 5. The number of benzene rings is 1. The van der Waals surface area contributed by atoms with Crippen LogP contribution in [0.15, 0.2) is 36.7 Å². The molecule has 1 atom stereocenters. The molecule has 29 heavy (non-hydrogen) atoms. The summed E-state index contributed by atoms with van der Waals surface area (Å²) in [6, 6.07) is 7.91. The van der Waals surface area contributed by atoms with E-state index in [1.54, 1.807) is 24.2 Å². The van der Waals surface area contributed by atoms with E-state index < -0.39 is 0 Å². The van der Waals surface area contributed by atoms with Crippen LogP contribution in [0.1, 0.15) is 28.8 Å². The highest BCUT2D eigenvalue weighted by Crippen LogP contribution is 2.19. The van der Waals surface area contributed by atoms with Gasteiger partial charge in [0.2, 0.25) is 5.91 Å². The Hall–Kier alpha value is -2.87. The van der Waals surface area contributed by atoms with Crippen LogP contribution in [-0.2, 0) is 11.3 Å². The SMILES string of the molecule is COc1ccc(Cn2cc(C(=O)N3CCCC(N4CCNCC4=O)C3)cn2)cc1. The summed E-state index contributed by atoms with van der Waals surface area (Å²) in [5.74, 6) is 0.925. The third-order valence-corrected chi connectivity index (χ3v) is 5.63. The second-order valence-electron chi connectivity index (χ2n) is 7.59. The minimum absolute atomic E-state index is 0.0155. The molecule has 2 amide bonds. The zero-order valence-corrected chi connectivity index (χ0v) is 16.7. The molecule has 2 aliphatic heterocycles. The maximum Gasteiger partial charge on any atom is 0.257 e. The topological polar surface area (TPSA) is 79.7 Å². The monoisotopic (exact) mass is 397 g/mol. The Morgan fingerprint density at radius 2 is 2.10 bits per heavy atom.